The summed E-state index contributed by atoms with van der Waals surface area (Å²) in [4.78, 5) is 58.9. The lowest BCUT2D eigenvalue weighted by Crippen LogP contribution is -2.54. The minimum Gasteiger partial charge on any atom is -0.480 e. The van der Waals surface area contributed by atoms with E-state index in [9.17, 15) is 29.1 Å². The van der Waals surface area contributed by atoms with Gasteiger partial charge >= 0.3 is 5.97 Å². The second-order valence-corrected chi connectivity index (χ2v) is 8.66. The van der Waals surface area contributed by atoms with Gasteiger partial charge in [0, 0.05) is 25.9 Å². The number of amides is 4. The molecule has 0 aliphatic heterocycles. The molecule has 196 valence electrons. The number of carbonyl (C=O) groups excluding carboxylic acids is 4. The van der Waals surface area contributed by atoms with E-state index in [-0.39, 0.29) is 25.2 Å². The molecular weight excluding hydrogens is 444 g/mol. The molecule has 0 aromatic carbocycles. The first-order chi connectivity index (χ1) is 15.9. The summed E-state index contributed by atoms with van der Waals surface area (Å²) < 4.78 is 0. The maximum Gasteiger partial charge on any atom is 0.326 e. The lowest BCUT2D eigenvalue weighted by molar-refractivity contribution is -0.142. The Bertz CT molecular complexity index is 672. The Morgan fingerprint density at radius 2 is 1.41 bits per heavy atom. The number of unbranched alkanes of at least 4 members (excludes halogenated alkanes) is 2. The van der Waals surface area contributed by atoms with Gasteiger partial charge in [-0.25, -0.2) is 4.79 Å². The Morgan fingerprint density at radius 3 is 1.97 bits per heavy atom. The fourth-order valence-corrected chi connectivity index (χ4v) is 3.11. The average Bonchev–Trinajstić information content (AvgIpc) is 2.73. The maximum atomic E-state index is 12.7. The van der Waals surface area contributed by atoms with Crippen LogP contribution in [-0.4, -0.2) is 72.0 Å². The van der Waals surface area contributed by atoms with Crippen molar-refractivity contribution < 1.29 is 29.1 Å². The van der Waals surface area contributed by atoms with Gasteiger partial charge in [0.2, 0.25) is 23.6 Å². The second-order valence-electron chi connectivity index (χ2n) is 8.66. The van der Waals surface area contributed by atoms with E-state index in [2.05, 4.69) is 21.3 Å². The van der Waals surface area contributed by atoms with Gasteiger partial charge in [-0.2, -0.15) is 0 Å². The van der Waals surface area contributed by atoms with Gasteiger partial charge in [-0.05, 0) is 51.5 Å². The first-order valence-corrected chi connectivity index (χ1v) is 11.8. The molecule has 0 bridgehead atoms. The minimum absolute atomic E-state index is 0.0766. The van der Waals surface area contributed by atoms with Crippen molar-refractivity contribution in [2.75, 3.05) is 13.1 Å². The van der Waals surface area contributed by atoms with Gasteiger partial charge in [-0.3, -0.25) is 19.2 Å². The van der Waals surface area contributed by atoms with Gasteiger partial charge in [0.05, 0.1) is 6.04 Å². The van der Waals surface area contributed by atoms with Crippen LogP contribution >= 0.6 is 0 Å². The van der Waals surface area contributed by atoms with Crippen LogP contribution in [-0.2, 0) is 24.0 Å². The molecule has 0 aliphatic carbocycles. The zero-order valence-electron chi connectivity index (χ0n) is 20.5. The molecule has 0 aromatic heterocycles. The third-order valence-corrected chi connectivity index (χ3v) is 5.05. The molecule has 0 saturated carbocycles. The molecule has 12 heteroatoms. The largest absolute Gasteiger partial charge is 0.480 e. The number of carbonyl (C=O) groups is 5. The van der Waals surface area contributed by atoms with Crippen LogP contribution in [0.3, 0.4) is 0 Å². The Labute approximate surface area is 201 Å². The van der Waals surface area contributed by atoms with E-state index < -0.39 is 41.8 Å². The topological polar surface area (TPSA) is 206 Å². The van der Waals surface area contributed by atoms with E-state index >= 15 is 0 Å². The average molecular weight is 487 g/mol. The summed E-state index contributed by atoms with van der Waals surface area (Å²) in [6, 6.07) is -2.84. The van der Waals surface area contributed by atoms with E-state index in [1.54, 1.807) is 0 Å². The molecule has 4 amide bonds. The van der Waals surface area contributed by atoms with E-state index in [1.165, 1.54) is 6.92 Å². The van der Waals surface area contributed by atoms with E-state index in [0.717, 1.165) is 13.0 Å². The summed E-state index contributed by atoms with van der Waals surface area (Å²) in [6.45, 7) is 6.64. The fourth-order valence-electron chi connectivity index (χ4n) is 3.11. The lowest BCUT2D eigenvalue weighted by Gasteiger charge is -2.23. The molecule has 0 aromatic rings. The van der Waals surface area contributed by atoms with E-state index in [1.807, 2.05) is 13.8 Å². The van der Waals surface area contributed by atoms with Crippen molar-refractivity contribution in [3.05, 3.63) is 0 Å². The molecule has 0 fully saturated rings. The molecule has 3 atom stereocenters. The fraction of sp³-hybridized carbons (Fsp3) is 0.773. The lowest BCUT2D eigenvalue weighted by atomic mass is 10.1. The highest BCUT2D eigenvalue weighted by Crippen LogP contribution is 2.06. The van der Waals surface area contributed by atoms with Crippen molar-refractivity contribution in [2.45, 2.75) is 96.3 Å². The number of hydrogen-bond acceptors (Lipinski definition) is 7. The predicted molar refractivity (Wildman–Crippen MR) is 127 cm³/mol. The number of carboxylic acid groups (broad SMARTS) is 1. The highest BCUT2D eigenvalue weighted by molar-refractivity contribution is 5.92. The Morgan fingerprint density at radius 1 is 0.824 bits per heavy atom. The number of primary amides is 1. The predicted octanol–water partition coefficient (Wildman–Crippen LogP) is -0.892. The van der Waals surface area contributed by atoms with E-state index in [4.69, 9.17) is 11.5 Å². The van der Waals surface area contributed by atoms with Gasteiger partial charge in [0.15, 0.2) is 0 Å². The Balaban J connectivity index is 4.84. The molecule has 0 rings (SSSR count). The third kappa shape index (κ3) is 16.0. The Hall–Kier alpha value is -2.73. The standard InChI is InChI=1S/C22H42N6O6/c1-14(2)25-12-7-5-9-18(22(33)34)28-21(32)17(10-11-19(24)30)27-20(31)16(23)8-4-6-13-26-15(3)29/h14,16-18,25H,4-13,23H2,1-3H3,(H2,24,30)(H,26,29)(H,27,31)(H,28,32)(H,33,34)/t16-,17-,18-/m0/s1. The highest BCUT2D eigenvalue weighted by Gasteiger charge is 2.28. The minimum atomic E-state index is -1.18. The molecule has 0 radical (unpaired) electrons. The smallest absolute Gasteiger partial charge is 0.326 e. The van der Waals surface area contributed by atoms with Crippen molar-refractivity contribution in [3.8, 4) is 0 Å². The second kappa shape index (κ2) is 17.7. The summed E-state index contributed by atoms with van der Waals surface area (Å²) >= 11 is 0. The van der Waals surface area contributed by atoms with Crippen LogP contribution < -0.4 is 32.7 Å². The SMILES string of the molecule is CC(=O)NCCCC[C@H](N)C(=O)N[C@@H](CCC(N)=O)C(=O)N[C@@H](CCCCNC(C)C)C(=O)O. The summed E-state index contributed by atoms with van der Waals surface area (Å²) in [6.07, 6.45) is 2.87. The first kappa shape index (κ1) is 31.3. The van der Waals surface area contributed by atoms with Gasteiger partial charge < -0.3 is 37.8 Å². The Kier molecular flexibility index (Phi) is 16.3. The van der Waals surface area contributed by atoms with Crippen LogP contribution in [0.4, 0.5) is 0 Å². The molecule has 9 N–H and O–H groups in total. The molecule has 0 unspecified atom stereocenters. The normalized spacial score (nSPS) is 13.6. The van der Waals surface area contributed by atoms with Crippen LogP contribution in [0, 0.1) is 0 Å². The third-order valence-electron chi connectivity index (χ3n) is 5.05. The van der Waals surface area contributed by atoms with Crippen LogP contribution in [0.2, 0.25) is 0 Å². The van der Waals surface area contributed by atoms with Crippen LogP contribution in [0.15, 0.2) is 0 Å². The van der Waals surface area contributed by atoms with Gasteiger partial charge in [-0.15, -0.1) is 0 Å². The molecule has 12 nitrogen and oxygen atoms in total. The first-order valence-electron chi connectivity index (χ1n) is 11.8. The zero-order valence-corrected chi connectivity index (χ0v) is 20.5. The number of hydrogen-bond donors (Lipinski definition) is 7. The monoisotopic (exact) mass is 486 g/mol. The summed E-state index contributed by atoms with van der Waals surface area (Å²) in [5.74, 6) is -3.27. The van der Waals surface area contributed by atoms with Crippen LogP contribution in [0.5, 0.6) is 0 Å². The maximum absolute atomic E-state index is 12.7. The van der Waals surface area contributed by atoms with Crippen molar-refractivity contribution in [1.29, 1.82) is 0 Å². The molecule has 0 spiro atoms. The van der Waals surface area contributed by atoms with Crippen molar-refractivity contribution >= 4 is 29.6 Å². The quantitative estimate of drug-likeness (QED) is 0.114. The molecule has 0 heterocycles. The molecule has 34 heavy (non-hydrogen) atoms. The number of nitrogens with two attached hydrogens (primary N) is 2. The summed E-state index contributed by atoms with van der Waals surface area (Å²) in [7, 11) is 0. The van der Waals surface area contributed by atoms with Gasteiger partial charge in [0.25, 0.3) is 0 Å². The van der Waals surface area contributed by atoms with Crippen LogP contribution in [0.1, 0.15) is 72.1 Å². The summed E-state index contributed by atoms with van der Waals surface area (Å²) in [5.41, 5.74) is 11.1. The number of nitrogens with one attached hydrogen (secondary N) is 4. The summed E-state index contributed by atoms with van der Waals surface area (Å²) in [5, 5.41) is 20.3. The van der Waals surface area contributed by atoms with Crippen LogP contribution in [0.25, 0.3) is 0 Å². The zero-order chi connectivity index (χ0) is 26.1. The number of carboxylic acids is 1. The number of rotatable bonds is 19. The highest BCUT2D eigenvalue weighted by atomic mass is 16.4. The number of aliphatic carboxylic acids is 1. The van der Waals surface area contributed by atoms with Gasteiger partial charge in [0.1, 0.15) is 12.1 Å². The van der Waals surface area contributed by atoms with Crippen molar-refractivity contribution in [1.82, 2.24) is 21.3 Å². The van der Waals surface area contributed by atoms with Crippen molar-refractivity contribution in [3.63, 3.8) is 0 Å². The van der Waals surface area contributed by atoms with Gasteiger partial charge in [-0.1, -0.05) is 13.8 Å². The van der Waals surface area contributed by atoms with E-state index in [0.29, 0.717) is 38.3 Å². The van der Waals surface area contributed by atoms with Crippen molar-refractivity contribution in [2.24, 2.45) is 11.5 Å². The molecule has 0 saturated heterocycles. The molecule has 0 aliphatic rings. The molecular formula is C22H42N6O6.